The number of halogens is 3. The van der Waals surface area contributed by atoms with Crippen LogP contribution >= 0.6 is 39.1 Å². The highest BCUT2D eigenvalue weighted by molar-refractivity contribution is 9.10. The molecule has 0 aliphatic rings. The Morgan fingerprint density at radius 2 is 1.95 bits per heavy atom. The minimum Gasteiger partial charge on any atom is -0.476 e. The van der Waals surface area contributed by atoms with Crippen molar-refractivity contribution in [3.8, 4) is 5.75 Å². The minimum absolute atomic E-state index is 0.105. The van der Waals surface area contributed by atoms with Crippen molar-refractivity contribution in [2.24, 2.45) is 5.10 Å². The standard InChI is InChI=1S/C26H20BrCl2N5O5/c1-2-3-23-32-21-9-4-16(27)12-19(21)26(36)33(23)30-13-15-10-20(29)25(22(11-15)34(37)38)39-14-24(35)31-18-7-5-17(28)6-8-18/h4-13H,2-3,14H2,1H3,(H,31,35). The fourth-order valence-electron chi connectivity index (χ4n) is 3.64. The van der Waals surface area contributed by atoms with Gasteiger partial charge in [0.25, 0.3) is 11.5 Å². The second-order valence-electron chi connectivity index (χ2n) is 8.25. The molecule has 0 spiro atoms. The lowest BCUT2D eigenvalue weighted by molar-refractivity contribution is -0.385. The van der Waals surface area contributed by atoms with Crippen LogP contribution in [0.25, 0.3) is 10.9 Å². The zero-order valence-corrected chi connectivity index (χ0v) is 23.5. The van der Waals surface area contributed by atoms with Crippen LogP contribution in [0.2, 0.25) is 10.0 Å². The number of hydrogen-bond donors (Lipinski definition) is 1. The van der Waals surface area contributed by atoms with Gasteiger partial charge in [0, 0.05) is 33.2 Å². The lowest BCUT2D eigenvalue weighted by atomic mass is 10.2. The molecular weight excluding hydrogens is 613 g/mol. The molecule has 0 atom stereocenters. The van der Waals surface area contributed by atoms with Gasteiger partial charge in [-0.25, -0.2) is 4.98 Å². The molecule has 0 aliphatic heterocycles. The van der Waals surface area contributed by atoms with Crippen molar-refractivity contribution in [3.63, 3.8) is 0 Å². The first kappa shape index (κ1) is 28.2. The number of nitrogens with one attached hydrogen (secondary N) is 1. The molecular formula is C26H20BrCl2N5O5. The smallest absolute Gasteiger partial charge is 0.313 e. The molecule has 4 rings (SSSR count). The van der Waals surface area contributed by atoms with Crippen molar-refractivity contribution in [2.75, 3.05) is 11.9 Å². The Labute approximate surface area is 240 Å². The molecule has 0 radical (unpaired) electrons. The van der Waals surface area contributed by atoms with E-state index < -0.39 is 23.1 Å². The second kappa shape index (κ2) is 12.4. The van der Waals surface area contributed by atoms with Crippen LogP contribution in [0.15, 0.2) is 69.0 Å². The summed E-state index contributed by atoms with van der Waals surface area (Å²) in [7, 11) is 0. The summed E-state index contributed by atoms with van der Waals surface area (Å²) < 4.78 is 7.29. The molecule has 200 valence electrons. The van der Waals surface area contributed by atoms with Gasteiger partial charge in [-0.05, 0) is 55.0 Å². The molecule has 0 saturated carbocycles. The van der Waals surface area contributed by atoms with E-state index in [9.17, 15) is 19.7 Å². The normalized spacial score (nSPS) is 11.2. The molecule has 0 aliphatic carbocycles. The fourth-order valence-corrected chi connectivity index (χ4v) is 4.41. The number of rotatable bonds is 9. The monoisotopic (exact) mass is 631 g/mol. The van der Waals surface area contributed by atoms with E-state index >= 15 is 0 Å². The summed E-state index contributed by atoms with van der Waals surface area (Å²) in [6.45, 7) is 1.42. The van der Waals surface area contributed by atoms with E-state index in [0.717, 1.165) is 6.42 Å². The van der Waals surface area contributed by atoms with E-state index in [1.165, 1.54) is 23.0 Å². The first-order valence-corrected chi connectivity index (χ1v) is 13.1. The van der Waals surface area contributed by atoms with Gasteiger partial charge < -0.3 is 10.1 Å². The third-order valence-electron chi connectivity index (χ3n) is 5.39. The number of aryl methyl sites for hydroxylation is 1. The van der Waals surface area contributed by atoms with Crippen molar-refractivity contribution in [1.82, 2.24) is 9.66 Å². The van der Waals surface area contributed by atoms with Gasteiger partial charge in [0.15, 0.2) is 6.61 Å². The summed E-state index contributed by atoms with van der Waals surface area (Å²) in [4.78, 5) is 41.1. The first-order valence-electron chi connectivity index (χ1n) is 11.6. The van der Waals surface area contributed by atoms with Gasteiger partial charge in [-0.3, -0.25) is 19.7 Å². The largest absolute Gasteiger partial charge is 0.476 e. The van der Waals surface area contributed by atoms with Crippen LogP contribution in [-0.4, -0.2) is 33.3 Å². The highest BCUT2D eigenvalue weighted by Gasteiger charge is 2.22. The second-order valence-corrected chi connectivity index (χ2v) is 10.0. The van der Waals surface area contributed by atoms with E-state index in [0.29, 0.717) is 38.3 Å². The molecule has 0 saturated heterocycles. The maximum absolute atomic E-state index is 13.2. The molecule has 1 aromatic heterocycles. The minimum atomic E-state index is -0.681. The summed E-state index contributed by atoms with van der Waals surface area (Å²) >= 11 is 15.5. The molecule has 39 heavy (non-hydrogen) atoms. The van der Waals surface area contributed by atoms with E-state index in [2.05, 4.69) is 31.3 Å². The molecule has 1 heterocycles. The number of amides is 1. The van der Waals surface area contributed by atoms with Crippen LogP contribution in [0.1, 0.15) is 24.7 Å². The summed E-state index contributed by atoms with van der Waals surface area (Å²) in [5.41, 5.74) is 0.415. The average molecular weight is 633 g/mol. The maximum atomic E-state index is 13.2. The Morgan fingerprint density at radius 1 is 1.21 bits per heavy atom. The number of fused-ring (bicyclic) bond motifs is 1. The van der Waals surface area contributed by atoms with E-state index in [4.69, 9.17) is 27.9 Å². The number of nitro groups is 1. The highest BCUT2D eigenvalue weighted by Crippen LogP contribution is 2.36. The van der Waals surface area contributed by atoms with Gasteiger partial charge in [0.05, 0.1) is 27.1 Å². The number of nitro benzene ring substituents is 1. The molecule has 0 unspecified atom stereocenters. The van der Waals surface area contributed by atoms with Crippen LogP contribution in [-0.2, 0) is 11.2 Å². The molecule has 1 amide bonds. The quantitative estimate of drug-likeness (QED) is 0.132. The van der Waals surface area contributed by atoms with E-state index in [1.54, 1.807) is 42.5 Å². The summed E-state index contributed by atoms with van der Waals surface area (Å²) in [6.07, 6.45) is 2.49. The Kier molecular flexibility index (Phi) is 8.95. The SMILES string of the molecule is CCCc1nc2ccc(Br)cc2c(=O)n1N=Cc1cc(Cl)c(OCC(=O)Nc2ccc(Cl)cc2)c([N+](=O)[O-])c1. The summed E-state index contributed by atoms with van der Waals surface area (Å²) in [5.74, 6) is -0.376. The van der Waals surface area contributed by atoms with Gasteiger partial charge >= 0.3 is 5.69 Å². The van der Waals surface area contributed by atoms with Gasteiger partial charge in [0.2, 0.25) is 5.75 Å². The van der Waals surface area contributed by atoms with Crippen molar-refractivity contribution < 1.29 is 14.5 Å². The number of carbonyl (C=O) groups is 1. The Morgan fingerprint density at radius 3 is 2.64 bits per heavy atom. The van der Waals surface area contributed by atoms with Gasteiger partial charge in [0.1, 0.15) is 5.82 Å². The van der Waals surface area contributed by atoms with Crippen molar-refractivity contribution >= 4 is 73.5 Å². The van der Waals surface area contributed by atoms with Crippen molar-refractivity contribution in [1.29, 1.82) is 0 Å². The number of ether oxygens (including phenoxy) is 1. The number of aromatic nitrogens is 2. The molecule has 10 nitrogen and oxygen atoms in total. The highest BCUT2D eigenvalue weighted by atomic mass is 79.9. The number of carbonyl (C=O) groups excluding carboxylic acids is 1. The molecule has 0 bridgehead atoms. The molecule has 0 fully saturated rings. The maximum Gasteiger partial charge on any atom is 0.313 e. The molecule has 4 aromatic rings. The van der Waals surface area contributed by atoms with Crippen LogP contribution in [0.3, 0.4) is 0 Å². The van der Waals surface area contributed by atoms with Crippen LogP contribution in [0.5, 0.6) is 5.75 Å². The fraction of sp³-hybridized carbons (Fsp3) is 0.154. The number of anilines is 1. The Hall–Kier alpha value is -3.80. The van der Waals surface area contributed by atoms with Gasteiger partial charge in [-0.2, -0.15) is 9.78 Å². The molecule has 1 N–H and O–H groups in total. The lowest BCUT2D eigenvalue weighted by Crippen LogP contribution is -2.22. The predicted molar refractivity (Wildman–Crippen MR) is 154 cm³/mol. The third-order valence-corrected chi connectivity index (χ3v) is 6.42. The van der Waals surface area contributed by atoms with Gasteiger partial charge in [-0.15, -0.1) is 0 Å². The van der Waals surface area contributed by atoms with Crippen LogP contribution in [0.4, 0.5) is 11.4 Å². The lowest BCUT2D eigenvalue weighted by Gasteiger charge is -2.11. The Bertz CT molecular complexity index is 1660. The zero-order chi connectivity index (χ0) is 28.1. The molecule has 13 heteroatoms. The van der Waals surface area contributed by atoms with Crippen LogP contribution < -0.4 is 15.6 Å². The number of hydrogen-bond acceptors (Lipinski definition) is 7. The van der Waals surface area contributed by atoms with Crippen molar-refractivity contribution in [3.05, 3.63) is 101 Å². The third kappa shape index (κ3) is 6.80. The van der Waals surface area contributed by atoms with Crippen LogP contribution in [0, 0.1) is 10.1 Å². The first-order chi connectivity index (χ1) is 18.7. The number of nitrogens with zero attached hydrogens (tertiary/aromatic N) is 4. The average Bonchev–Trinajstić information content (AvgIpc) is 2.89. The van der Waals surface area contributed by atoms with Gasteiger partial charge in [-0.1, -0.05) is 46.1 Å². The Balaban J connectivity index is 1.61. The zero-order valence-electron chi connectivity index (χ0n) is 20.4. The molecule has 3 aromatic carbocycles. The number of benzene rings is 3. The van der Waals surface area contributed by atoms with Crippen molar-refractivity contribution in [2.45, 2.75) is 19.8 Å². The topological polar surface area (TPSA) is 129 Å². The van der Waals surface area contributed by atoms with E-state index in [-0.39, 0.29) is 21.9 Å². The van der Waals surface area contributed by atoms with E-state index in [1.807, 2.05) is 6.92 Å². The summed E-state index contributed by atoms with van der Waals surface area (Å²) in [5, 5.41) is 19.4. The summed E-state index contributed by atoms with van der Waals surface area (Å²) in [6, 6.07) is 14.2. The predicted octanol–water partition coefficient (Wildman–Crippen LogP) is 6.23.